The molecule has 0 spiro atoms. The van der Waals surface area contributed by atoms with Gasteiger partial charge < -0.3 is 0 Å². The summed E-state index contributed by atoms with van der Waals surface area (Å²) in [5.41, 5.74) is 4.37. The van der Waals surface area contributed by atoms with E-state index >= 15 is 0 Å². The first kappa shape index (κ1) is 11.6. The second kappa shape index (κ2) is 4.31. The Bertz CT molecular complexity index is 807. The van der Waals surface area contributed by atoms with Crippen molar-refractivity contribution in [1.29, 1.82) is 0 Å². The molecule has 0 bridgehead atoms. The first-order valence-corrected chi connectivity index (χ1v) is 6.07. The maximum absolute atomic E-state index is 12.1. The van der Waals surface area contributed by atoms with Crippen molar-refractivity contribution in [2.75, 3.05) is 0 Å². The van der Waals surface area contributed by atoms with Gasteiger partial charge in [-0.15, -0.1) is 0 Å². The van der Waals surface area contributed by atoms with Gasteiger partial charge in [-0.25, -0.2) is 4.98 Å². The molecule has 4 nitrogen and oxygen atoms in total. The molecule has 19 heavy (non-hydrogen) atoms. The number of aromatic nitrogens is 3. The second-order valence-electron chi connectivity index (χ2n) is 4.53. The van der Waals surface area contributed by atoms with Crippen LogP contribution in [0, 0.1) is 13.8 Å². The number of fused-ring (bicyclic) bond motifs is 1. The smallest absolute Gasteiger partial charge is 0.258 e. The summed E-state index contributed by atoms with van der Waals surface area (Å²) in [6.45, 7) is 3.99. The van der Waals surface area contributed by atoms with Crippen LogP contribution in [0.25, 0.3) is 16.9 Å². The van der Waals surface area contributed by atoms with Crippen molar-refractivity contribution in [3.8, 4) is 11.3 Å². The second-order valence-corrected chi connectivity index (χ2v) is 4.53. The highest BCUT2D eigenvalue weighted by Crippen LogP contribution is 2.17. The lowest BCUT2D eigenvalue weighted by Gasteiger charge is -2.08. The monoisotopic (exact) mass is 251 g/mol. The maximum Gasteiger partial charge on any atom is 0.258 e. The molecule has 3 heterocycles. The van der Waals surface area contributed by atoms with Crippen molar-refractivity contribution < 1.29 is 0 Å². The fourth-order valence-electron chi connectivity index (χ4n) is 2.06. The number of rotatable bonds is 1. The van der Waals surface area contributed by atoms with Gasteiger partial charge in [-0.1, -0.05) is 0 Å². The SMILES string of the molecule is Cc1ccn2c(=O)cc(-c3ccncc3)nc2c1C. The lowest BCUT2D eigenvalue weighted by Crippen LogP contribution is -2.15. The minimum absolute atomic E-state index is 0.0695. The van der Waals surface area contributed by atoms with Gasteiger partial charge in [0.2, 0.25) is 0 Å². The van der Waals surface area contributed by atoms with Gasteiger partial charge in [-0.3, -0.25) is 14.2 Å². The van der Waals surface area contributed by atoms with Crippen LogP contribution in [0.5, 0.6) is 0 Å². The van der Waals surface area contributed by atoms with Crippen molar-refractivity contribution in [1.82, 2.24) is 14.4 Å². The van der Waals surface area contributed by atoms with Crippen molar-refractivity contribution >= 4 is 5.65 Å². The zero-order valence-corrected chi connectivity index (χ0v) is 10.8. The third kappa shape index (κ3) is 1.91. The van der Waals surface area contributed by atoms with E-state index < -0.39 is 0 Å². The van der Waals surface area contributed by atoms with Gasteiger partial charge in [-0.05, 0) is 43.2 Å². The molecule has 3 aromatic heterocycles. The van der Waals surface area contributed by atoms with Crippen LogP contribution in [0.2, 0.25) is 0 Å². The molecule has 0 aliphatic carbocycles. The average molecular weight is 251 g/mol. The molecule has 3 rings (SSSR count). The molecule has 0 unspecified atom stereocenters. The predicted molar refractivity (Wildman–Crippen MR) is 74.2 cm³/mol. The fourth-order valence-corrected chi connectivity index (χ4v) is 2.06. The summed E-state index contributed by atoms with van der Waals surface area (Å²) in [5, 5.41) is 0. The Kier molecular flexibility index (Phi) is 2.63. The largest absolute Gasteiger partial charge is 0.269 e. The van der Waals surface area contributed by atoms with Crippen LogP contribution in [-0.4, -0.2) is 14.4 Å². The summed E-state index contributed by atoms with van der Waals surface area (Å²) in [7, 11) is 0. The van der Waals surface area contributed by atoms with E-state index in [0.717, 1.165) is 16.7 Å². The molecule has 0 aliphatic rings. The standard InChI is InChI=1S/C15H13N3O/c1-10-5-8-18-14(19)9-13(17-15(18)11(10)2)12-3-6-16-7-4-12/h3-9H,1-2H3. The Hall–Kier alpha value is -2.49. The molecule has 0 amide bonds. The number of hydrogen-bond acceptors (Lipinski definition) is 3. The van der Waals surface area contributed by atoms with Gasteiger partial charge >= 0.3 is 0 Å². The summed E-state index contributed by atoms with van der Waals surface area (Å²) in [4.78, 5) is 20.7. The van der Waals surface area contributed by atoms with Gasteiger partial charge in [0.1, 0.15) is 5.65 Å². The van der Waals surface area contributed by atoms with E-state index in [0.29, 0.717) is 11.3 Å². The Labute approximate surface area is 110 Å². The molecule has 0 aliphatic heterocycles. The first-order chi connectivity index (χ1) is 9.16. The van der Waals surface area contributed by atoms with Crippen molar-refractivity contribution in [3.05, 3.63) is 64.3 Å². The Morgan fingerprint density at radius 3 is 2.58 bits per heavy atom. The van der Waals surface area contributed by atoms with E-state index in [9.17, 15) is 4.79 Å². The molecule has 0 saturated carbocycles. The Balaban J connectivity index is 2.36. The maximum atomic E-state index is 12.1. The summed E-state index contributed by atoms with van der Waals surface area (Å²) >= 11 is 0. The average Bonchev–Trinajstić information content (AvgIpc) is 2.44. The molecular weight excluding hydrogens is 238 g/mol. The Morgan fingerprint density at radius 2 is 1.84 bits per heavy atom. The predicted octanol–water partition coefficient (Wildman–Crippen LogP) is 2.37. The number of nitrogens with zero attached hydrogens (tertiary/aromatic N) is 3. The fraction of sp³-hybridized carbons (Fsp3) is 0.133. The lowest BCUT2D eigenvalue weighted by atomic mass is 10.1. The lowest BCUT2D eigenvalue weighted by molar-refractivity contribution is 1.02. The third-order valence-corrected chi connectivity index (χ3v) is 3.33. The molecule has 0 radical (unpaired) electrons. The highest BCUT2D eigenvalue weighted by Gasteiger charge is 2.07. The minimum Gasteiger partial charge on any atom is -0.269 e. The molecule has 0 N–H and O–H groups in total. The molecule has 0 aromatic carbocycles. The van der Waals surface area contributed by atoms with E-state index in [-0.39, 0.29) is 5.56 Å². The number of hydrogen-bond donors (Lipinski definition) is 0. The molecular formula is C15H13N3O. The zero-order chi connectivity index (χ0) is 13.4. The van der Waals surface area contributed by atoms with E-state index in [4.69, 9.17) is 0 Å². The zero-order valence-electron chi connectivity index (χ0n) is 10.8. The summed E-state index contributed by atoms with van der Waals surface area (Å²) in [6, 6.07) is 7.18. The third-order valence-electron chi connectivity index (χ3n) is 3.33. The molecule has 4 heteroatoms. The van der Waals surface area contributed by atoms with Gasteiger partial charge in [0, 0.05) is 30.2 Å². The molecule has 0 saturated heterocycles. The molecule has 0 fully saturated rings. The molecule has 0 atom stereocenters. The van der Waals surface area contributed by atoms with Crippen LogP contribution in [0.3, 0.4) is 0 Å². The van der Waals surface area contributed by atoms with Crippen LogP contribution in [-0.2, 0) is 0 Å². The quantitative estimate of drug-likeness (QED) is 0.667. The van der Waals surface area contributed by atoms with Crippen LogP contribution >= 0.6 is 0 Å². The highest BCUT2D eigenvalue weighted by molar-refractivity contribution is 5.62. The summed E-state index contributed by atoms with van der Waals surface area (Å²) in [6.07, 6.45) is 5.16. The minimum atomic E-state index is -0.0695. The van der Waals surface area contributed by atoms with E-state index in [1.165, 1.54) is 0 Å². The topological polar surface area (TPSA) is 47.3 Å². The Morgan fingerprint density at radius 1 is 1.11 bits per heavy atom. The summed E-state index contributed by atoms with van der Waals surface area (Å²) < 4.78 is 1.58. The van der Waals surface area contributed by atoms with E-state index in [2.05, 4.69) is 9.97 Å². The highest BCUT2D eigenvalue weighted by atomic mass is 16.1. The number of pyridine rings is 2. The number of aryl methyl sites for hydroxylation is 2. The molecule has 3 aromatic rings. The van der Waals surface area contributed by atoms with Gasteiger partial charge in [-0.2, -0.15) is 0 Å². The van der Waals surface area contributed by atoms with Crippen LogP contribution in [0.4, 0.5) is 0 Å². The van der Waals surface area contributed by atoms with E-state index in [1.807, 2.05) is 32.0 Å². The van der Waals surface area contributed by atoms with Crippen LogP contribution in [0.1, 0.15) is 11.1 Å². The van der Waals surface area contributed by atoms with E-state index in [1.54, 1.807) is 29.1 Å². The normalized spacial score (nSPS) is 10.8. The van der Waals surface area contributed by atoms with Crippen molar-refractivity contribution in [2.45, 2.75) is 13.8 Å². The van der Waals surface area contributed by atoms with Crippen molar-refractivity contribution in [2.24, 2.45) is 0 Å². The molecule has 94 valence electrons. The van der Waals surface area contributed by atoms with Crippen LogP contribution < -0.4 is 5.56 Å². The first-order valence-electron chi connectivity index (χ1n) is 6.07. The van der Waals surface area contributed by atoms with Gasteiger partial charge in [0.15, 0.2) is 0 Å². The van der Waals surface area contributed by atoms with Gasteiger partial charge in [0.05, 0.1) is 5.69 Å². The van der Waals surface area contributed by atoms with Crippen LogP contribution in [0.15, 0.2) is 47.7 Å². The van der Waals surface area contributed by atoms with Crippen molar-refractivity contribution in [3.63, 3.8) is 0 Å². The summed E-state index contributed by atoms with van der Waals surface area (Å²) in [5.74, 6) is 0. The van der Waals surface area contributed by atoms with Gasteiger partial charge in [0.25, 0.3) is 5.56 Å².